The molecule has 1 aliphatic rings. The van der Waals surface area contributed by atoms with Gasteiger partial charge in [0.25, 0.3) is 0 Å². The van der Waals surface area contributed by atoms with Crippen molar-refractivity contribution in [2.75, 3.05) is 26.8 Å². The van der Waals surface area contributed by atoms with E-state index in [9.17, 15) is 8.42 Å². The maximum atomic E-state index is 12.6. The zero-order valence-corrected chi connectivity index (χ0v) is 13.5. The summed E-state index contributed by atoms with van der Waals surface area (Å²) >= 11 is 1.32. The highest BCUT2D eigenvalue weighted by Gasteiger charge is 2.27. The summed E-state index contributed by atoms with van der Waals surface area (Å²) in [6.07, 6.45) is 2.00. The zero-order valence-electron chi connectivity index (χ0n) is 11.8. The van der Waals surface area contributed by atoms with Crippen molar-refractivity contribution >= 4 is 21.4 Å². The van der Waals surface area contributed by atoms with Gasteiger partial charge in [0, 0.05) is 30.0 Å². The van der Waals surface area contributed by atoms with Gasteiger partial charge in [-0.05, 0) is 31.7 Å². The van der Waals surface area contributed by atoms with Crippen LogP contribution in [0.15, 0.2) is 11.0 Å². The van der Waals surface area contributed by atoms with E-state index in [1.807, 2.05) is 0 Å². The Morgan fingerprint density at radius 1 is 1.55 bits per heavy atom. The summed E-state index contributed by atoms with van der Waals surface area (Å²) in [7, 11) is -1.87. The Kier molecular flexibility index (Phi) is 5.19. The van der Waals surface area contributed by atoms with Crippen LogP contribution in [0.4, 0.5) is 0 Å². The molecule has 0 aromatic carbocycles. The Labute approximate surface area is 124 Å². The first-order chi connectivity index (χ1) is 9.45. The first kappa shape index (κ1) is 15.9. The molecule has 1 fully saturated rings. The largest absolute Gasteiger partial charge is 0.391 e. The van der Waals surface area contributed by atoms with E-state index in [0.717, 1.165) is 24.3 Å². The van der Waals surface area contributed by atoms with Gasteiger partial charge in [0.2, 0.25) is 10.0 Å². The number of aryl methyl sites for hydroxylation is 1. The fourth-order valence-electron chi connectivity index (χ4n) is 2.44. The van der Waals surface area contributed by atoms with Crippen LogP contribution in [-0.4, -0.2) is 44.6 Å². The summed E-state index contributed by atoms with van der Waals surface area (Å²) < 4.78 is 31.9. The highest BCUT2D eigenvalue weighted by molar-refractivity contribution is 7.89. The normalized spacial score (nSPS) is 20.5. The molecule has 1 aliphatic heterocycles. The molecule has 1 unspecified atom stereocenters. The number of aliphatic hydroxyl groups is 1. The Morgan fingerprint density at radius 2 is 2.30 bits per heavy atom. The average molecular weight is 319 g/mol. The van der Waals surface area contributed by atoms with Crippen molar-refractivity contribution in [3.63, 3.8) is 0 Å². The molecular weight excluding hydrogens is 298 g/mol. The van der Waals surface area contributed by atoms with Gasteiger partial charge in [0.15, 0.2) is 0 Å². The lowest BCUT2D eigenvalue weighted by Gasteiger charge is -2.26. The lowest BCUT2D eigenvalue weighted by Crippen LogP contribution is -2.35. The molecule has 20 heavy (non-hydrogen) atoms. The minimum absolute atomic E-state index is 0.124. The van der Waals surface area contributed by atoms with Crippen molar-refractivity contribution in [3.8, 4) is 0 Å². The van der Waals surface area contributed by atoms with Crippen LogP contribution in [0.25, 0.3) is 0 Å². The summed E-state index contributed by atoms with van der Waals surface area (Å²) in [5.41, 5.74) is 0. The number of thiophene rings is 1. The minimum atomic E-state index is -3.48. The molecule has 114 valence electrons. The molecule has 1 saturated heterocycles. The molecule has 0 saturated carbocycles. The molecule has 1 atom stereocenters. The number of hydrogen-bond acceptors (Lipinski definition) is 5. The van der Waals surface area contributed by atoms with Crippen LogP contribution >= 0.6 is 11.3 Å². The predicted octanol–water partition coefficient (Wildman–Crippen LogP) is 1.60. The molecule has 0 spiro atoms. The van der Waals surface area contributed by atoms with Gasteiger partial charge in [-0.3, -0.25) is 0 Å². The number of ether oxygens (including phenoxy) is 1. The van der Waals surface area contributed by atoms with E-state index in [-0.39, 0.29) is 12.5 Å². The molecule has 0 bridgehead atoms. The van der Waals surface area contributed by atoms with Gasteiger partial charge in [-0.1, -0.05) is 0 Å². The molecule has 5 nitrogen and oxygen atoms in total. The van der Waals surface area contributed by atoms with Crippen molar-refractivity contribution in [1.82, 2.24) is 4.31 Å². The second-order valence-electron chi connectivity index (χ2n) is 5.16. The molecular formula is C13H21NO4S2. The zero-order chi connectivity index (χ0) is 14.8. The fourth-order valence-corrected chi connectivity index (χ4v) is 5.15. The van der Waals surface area contributed by atoms with Gasteiger partial charge < -0.3 is 9.84 Å². The van der Waals surface area contributed by atoms with Crippen molar-refractivity contribution < 1.29 is 18.3 Å². The second-order valence-corrected chi connectivity index (χ2v) is 8.51. The van der Waals surface area contributed by atoms with Gasteiger partial charge in [0.05, 0.1) is 18.1 Å². The van der Waals surface area contributed by atoms with E-state index >= 15 is 0 Å². The van der Waals surface area contributed by atoms with Gasteiger partial charge >= 0.3 is 0 Å². The van der Waals surface area contributed by atoms with Crippen LogP contribution in [0.2, 0.25) is 0 Å². The van der Waals surface area contributed by atoms with Crippen LogP contribution in [0.3, 0.4) is 0 Å². The monoisotopic (exact) mass is 319 g/mol. The summed E-state index contributed by atoms with van der Waals surface area (Å²) in [5.74, 6) is 0.264. The molecule has 2 heterocycles. The van der Waals surface area contributed by atoms with Crippen LogP contribution in [0.1, 0.15) is 22.6 Å². The summed E-state index contributed by atoms with van der Waals surface area (Å²) in [5, 5.41) is 9.13. The summed E-state index contributed by atoms with van der Waals surface area (Å²) in [4.78, 5) is 1.71. The maximum absolute atomic E-state index is 12.6. The fraction of sp³-hybridized carbons (Fsp3) is 0.692. The third-order valence-electron chi connectivity index (χ3n) is 3.54. The Hall–Kier alpha value is -0.470. The number of nitrogens with zero attached hydrogens (tertiary/aromatic N) is 1. The van der Waals surface area contributed by atoms with E-state index in [1.165, 1.54) is 15.6 Å². The van der Waals surface area contributed by atoms with Crippen molar-refractivity contribution in [2.45, 2.75) is 31.3 Å². The van der Waals surface area contributed by atoms with E-state index in [2.05, 4.69) is 0 Å². The van der Waals surface area contributed by atoms with Crippen LogP contribution in [-0.2, 0) is 21.4 Å². The Morgan fingerprint density at radius 3 is 2.85 bits per heavy atom. The molecule has 1 aromatic rings. The molecule has 0 radical (unpaired) electrons. The minimum Gasteiger partial charge on any atom is -0.391 e. The average Bonchev–Trinajstić information content (AvgIpc) is 2.82. The van der Waals surface area contributed by atoms with Crippen LogP contribution in [0, 0.1) is 12.8 Å². The molecule has 7 heteroatoms. The molecule has 0 amide bonds. The third kappa shape index (κ3) is 3.40. The van der Waals surface area contributed by atoms with Crippen molar-refractivity contribution in [2.24, 2.45) is 5.92 Å². The van der Waals surface area contributed by atoms with Gasteiger partial charge in [-0.15, -0.1) is 11.3 Å². The predicted molar refractivity (Wildman–Crippen MR) is 78.3 cm³/mol. The first-order valence-electron chi connectivity index (χ1n) is 6.69. The quantitative estimate of drug-likeness (QED) is 0.895. The number of rotatable bonds is 5. The van der Waals surface area contributed by atoms with Gasteiger partial charge in [-0.25, -0.2) is 12.7 Å². The SMILES string of the molecule is Cc1sc(CO)cc1S(=O)(=O)N(C)CC1CCCOC1. The van der Waals surface area contributed by atoms with Gasteiger partial charge in [0.1, 0.15) is 0 Å². The van der Waals surface area contributed by atoms with Gasteiger partial charge in [-0.2, -0.15) is 0 Å². The number of sulfonamides is 1. The van der Waals surface area contributed by atoms with Crippen LogP contribution < -0.4 is 0 Å². The Balaban J connectivity index is 2.13. The topological polar surface area (TPSA) is 66.8 Å². The standard InChI is InChI=1S/C13H21NO4S2/c1-10-13(6-12(8-15)19-10)20(16,17)14(2)7-11-4-3-5-18-9-11/h6,11,15H,3-5,7-9H2,1-2H3. The first-order valence-corrected chi connectivity index (χ1v) is 8.95. The molecule has 1 aromatic heterocycles. The molecule has 0 aliphatic carbocycles. The number of aliphatic hydroxyl groups excluding tert-OH is 1. The lowest BCUT2D eigenvalue weighted by atomic mass is 10.0. The smallest absolute Gasteiger partial charge is 0.243 e. The lowest BCUT2D eigenvalue weighted by molar-refractivity contribution is 0.0495. The highest BCUT2D eigenvalue weighted by atomic mass is 32.2. The van der Waals surface area contributed by atoms with E-state index in [4.69, 9.17) is 9.84 Å². The third-order valence-corrected chi connectivity index (χ3v) is 6.65. The summed E-state index contributed by atoms with van der Waals surface area (Å²) in [6.45, 7) is 3.53. The Bertz CT molecular complexity index is 547. The van der Waals surface area contributed by atoms with Crippen molar-refractivity contribution in [1.29, 1.82) is 0 Å². The summed E-state index contributed by atoms with van der Waals surface area (Å²) in [6, 6.07) is 1.57. The molecule has 1 N–H and O–H groups in total. The van der Waals surface area contributed by atoms with E-state index in [1.54, 1.807) is 20.0 Å². The molecule has 2 rings (SSSR count). The second kappa shape index (κ2) is 6.53. The van der Waals surface area contributed by atoms with Crippen LogP contribution in [0.5, 0.6) is 0 Å². The number of hydrogen-bond donors (Lipinski definition) is 1. The van der Waals surface area contributed by atoms with Crippen molar-refractivity contribution in [3.05, 3.63) is 15.8 Å². The van der Waals surface area contributed by atoms with E-state index in [0.29, 0.717) is 22.9 Å². The maximum Gasteiger partial charge on any atom is 0.243 e. The highest BCUT2D eigenvalue weighted by Crippen LogP contribution is 2.28. The van der Waals surface area contributed by atoms with E-state index < -0.39 is 10.0 Å².